The van der Waals surface area contributed by atoms with Crippen molar-refractivity contribution >= 4 is 11.5 Å². The maximum absolute atomic E-state index is 12.1. The summed E-state index contributed by atoms with van der Waals surface area (Å²) in [7, 11) is 0. The van der Waals surface area contributed by atoms with Gasteiger partial charge in [0.2, 0.25) is 0 Å². The van der Waals surface area contributed by atoms with E-state index in [1.54, 1.807) is 24.3 Å². The quantitative estimate of drug-likeness (QED) is 0.255. The molecule has 1 aromatic rings. The van der Waals surface area contributed by atoms with Crippen LogP contribution >= 0.6 is 0 Å². The first-order valence-electron chi connectivity index (χ1n) is 6.26. The molecule has 0 bridgehead atoms. The van der Waals surface area contributed by atoms with Crippen LogP contribution in [0.5, 0.6) is 0 Å². The molecule has 0 aromatic heterocycles. The molecular weight excluding hydrogens is 252 g/mol. The van der Waals surface area contributed by atoms with E-state index in [1.807, 2.05) is 0 Å². The Morgan fingerprint density at radius 2 is 2.00 bits per heavy atom. The second-order valence-electron chi connectivity index (χ2n) is 4.12. The molecular formula is C17H18O3. The molecule has 0 unspecified atom stereocenters. The van der Waals surface area contributed by atoms with Gasteiger partial charge in [0.05, 0.1) is 6.61 Å². The lowest BCUT2D eigenvalue weighted by atomic mass is 9.99. The summed E-state index contributed by atoms with van der Waals surface area (Å²) in [6.45, 7) is 10.9. The average Bonchev–Trinajstić information content (AvgIpc) is 2.50. The number of carbonyl (C=O) groups excluding carboxylic acids is 1. The summed E-state index contributed by atoms with van der Waals surface area (Å²) >= 11 is 0. The van der Waals surface area contributed by atoms with E-state index in [1.165, 1.54) is 6.08 Å². The van der Waals surface area contributed by atoms with Crippen molar-refractivity contribution in [1.82, 2.24) is 0 Å². The van der Waals surface area contributed by atoms with Crippen molar-refractivity contribution in [1.29, 1.82) is 0 Å². The highest BCUT2D eigenvalue weighted by molar-refractivity contribution is 6.00. The van der Waals surface area contributed by atoms with Crippen LogP contribution in [0, 0.1) is 0 Å². The van der Waals surface area contributed by atoms with E-state index < -0.39 is 0 Å². The van der Waals surface area contributed by atoms with Crippen molar-refractivity contribution in [2.24, 2.45) is 0 Å². The highest BCUT2D eigenvalue weighted by Crippen LogP contribution is 2.18. The van der Waals surface area contributed by atoms with Crippen LogP contribution in [0.2, 0.25) is 0 Å². The molecule has 0 radical (unpaired) electrons. The number of ether oxygens (including phenoxy) is 1. The SMILES string of the molecule is C=C=C(O)c1ccccc1C(=O)CCCOC(=C)C=C. The van der Waals surface area contributed by atoms with Crippen LogP contribution in [0.25, 0.3) is 5.76 Å². The molecule has 0 aliphatic heterocycles. The number of rotatable bonds is 8. The first kappa shape index (κ1) is 15.5. The van der Waals surface area contributed by atoms with Gasteiger partial charge in [-0.2, -0.15) is 0 Å². The summed E-state index contributed by atoms with van der Waals surface area (Å²) in [6.07, 6.45) is 2.41. The van der Waals surface area contributed by atoms with Crippen LogP contribution in [0.4, 0.5) is 0 Å². The molecule has 0 saturated carbocycles. The summed E-state index contributed by atoms with van der Waals surface area (Å²) in [5.41, 5.74) is 3.30. The highest BCUT2D eigenvalue weighted by atomic mass is 16.5. The number of hydrogen-bond acceptors (Lipinski definition) is 3. The number of aliphatic hydroxyl groups excluding tert-OH is 1. The minimum absolute atomic E-state index is 0.0600. The predicted molar refractivity (Wildman–Crippen MR) is 80.5 cm³/mol. The second kappa shape index (κ2) is 7.82. The molecule has 0 fully saturated rings. The molecule has 0 aliphatic rings. The van der Waals surface area contributed by atoms with Gasteiger partial charge in [-0.25, -0.2) is 0 Å². The number of allylic oxidation sites excluding steroid dienone is 1. The van der Waals surface area contributed by atoms with Crippen molar-refractivity contribution in [3.05, 3.63) is 72.7 Å². The standard InChI is InChI=1S/C17H18O3/c1-4-13(3)20-12-8-11-17(19)15-10-7-6-9-14(15)16(18)5-2/h4,6-7,9-10,18H,1-3,8,11-12H2. The van der Waals surface area contributed by atoms with Gasteiger partial charge in [-0.05, 0) is 18.6 Å². The van der Waals surface area contributed by atoms with Gasteiger partial charge < -0.3 is 9.84 Å². The number of hydrogen-bond donors (Lipinski definition) is 1. The Balaban J connectivity index is 2.67. The van der Waals surface area contributed by atoms with E-state index in [9.17, 15) is 9.90 Å². The van der Waals surface area contributed by atoms with Gasteiger partial charge in [-0.3, -0.25) is 4.79 Å². The second-order valence-corrected chi connectivity index (χ2v) is 4.12. The summed E-state index contributed by atoms with van der Waals surface area (Å²) < 4.78 is 5.23. The zero-order chi connectivity index (χ0) is 15.0. The Hall–Kier alpha value is -2.51. The smallest absolute Gasteiger partial charge is 0.166 e. The number of ketones is 1. The summed E-state index contributed by atoms with van der Waals surface area (Å²) in [5, 5.41) is 9.68. The van der Waals surface area contributed by atoms with Gasteiger partial charge in [0, 0.05) is 17.5 Å². The lowest BCUT2D eigenvalue weighted by molar-refractivity contribution is 0.0966. The fraction of sp³-hybridized carbons (Fsp3) is 0.176. The fourth-order valence-electron chi connectivity index (χ4n) is 1.66. The molecule has 0 heterocycles. The van der Waals surface area contributed by atoms with E-state index in [4.69, 9.17) is 4.74 Å². The van der Waals surface area contributed by atoms with Crippen LogP contribution in [-0.4, -0.2) is 17.5 Å². The van der Waals surface area contributed by atoms with E-state index >= 15 is 0 Å². The Morgan fingerprint density at radius 1 is 1.35 bits per heavy atom. The molecule has 3 heteroatoms. The van der Waals surface area contributed by atoms with E-state index in [0.29, 0.717) is 36.3 Å². The largest absolute Gasteiger partial charge is 0.501 e. The Kier molecular flexibility index (Phi) is 6.08. The molecule has 1 aromatic carbocycles. The summed E-state index contributed by atoms with van der Waals surface area (Å²) in [6, 6.07) is 6.84. The third-order valence-electron chi connectivity index (χ3n) is 2.71. The molecule has 0 aliphatic carbocycles. The molecule has 3 nitrogen and oxygen atoms in total. The Morgan fingerprint density at radius 3 is 2.60 bits per heavy atom. The predicted octanol–water partition coefficient (Wildman–Crippen LogP) is 4.05. The molecule has 104 valence electrons. The van der Waals surface area contributed by atoms with Crippen LogP contribution in [-0.2, 0) is 4.74 Å². The molecule has 0 amide bonds. The average molecular weight is 270 g/mol. The maximum Gasteiger partial charge on any atom is 0.166 e. The van der Waals surface area contributed by atoms with Gasteiger partial charge in [0.15, 0.2) is 11.5 Å². The van der Waals surface area contributed by atoms with Crippen molar-refractivity contribution < 1.29 is 14.6 Å². The van der Waals surface area contributed by atoms with Crippen molar-refractivity contribution in [3.8, 4) is 0 Å². The summed E-state index contributed by atoms with van der Waals surface area (Å²) in [4.78, 5) is 12.1. The number of Topliss-reactive ketones (excluding diaryl/α,β-unsaturated/α-hetero) is 1. The highest BCUT2D eigenvalue weighted by Gasteiger charge is 2.13. The lowest BCUT2D eigenvalue weighted by Gasteiger charge is -2.08. The van der Waals surface area contributed by atoms with Gasteiger partial charge in [-0.1, -0.05) is 43.7 Å². The maximum atomic E-state index is 12.1. The van der Waals surface area contributed by atoms with E-state index in [-0.39, 0.29) is 11.5 Å². The van der Waals surface area contributed by atoms with Crippen molar-refractivity contribution in [2.75, 3.05) is 6.61 Å². The van der Waals surface area contributed by atoms with Crippen LogP contribution in [0.3, 0.4) is 0 Å². The third-order valence-corrected chi connectivity index (χ3v) is 2.71. The molecule has 20 heavy (non-hydrogen) atoms. The van der Waals surface area contributed by atoms with E-state index in [2.05, 4.69) is 25.5 Å². The van der Waals surface area contributed by atoms with Crippen LogP contribution in [0.15, 0.2) is 61.6 Å². The minimum atomic E-state index is -0.120. The fourth-order valence-corrected chi connectivity index (χ4v) is 1.66. The molecule has 0 spiro atoms. The Labute approximate surface area is 119 Å². The van der Waals surface area contributed by atoms with Crippen LogP contribution in [0.1, 0.15) is 28.8 Å². The zero-order valence-corrected chi connectivity index (χ0v) is 11.4. The van der Waals surface area contributed by atoms with E-state index in [0.717, 1.165) is 0 Å². The summed E-state index contributed by atoms with van der Waals surface area (Å²) in [5.74, 6) is 0.311. The van der Waals surface area contributed by atoms with Gasteiger partial charge in [0.1, 0.15) is 5.76 Å². The molecule has 1 N–H and O–H groups in total. The van der Waals surface area contributed by atoms with Gasteiger partial charge in [0.25, 0.3) is 0 Å². The van der Waals surface area contributed by atoms with Crippen molar-refractivity contribution in [2.45, 2.75) is 12.8 Å². The van der Waals surface area contributed by atoms with Gasteiger partial charge >= 0.3 is 0 Å². The number of carbonyl (C=O) groups is 1. The van der Waals surface area contributed by atoms with Crippen molar-refractivity contribution in [3.63, 3.8) is 0 Å². The normalized spacial score (nSPS) is 9.40. The topological polar surface area (TPSA) is 46.5 Å². The number of benzene rings is 1. The minimum Gasteiger partial charge on any atom is -0.501 e. The van der Waals surface area contributed by atoms with Gasteiger partial charge in [-0.15, -0.1) is 0 Å². The molecule has 0 atom stereocenters. The zero-order valence-electron chi connectivity index (χ0n) is 11.4. The third kappa shape index (κ3) is 4.30. The number of aliphatic hydroxyl groups is 1. The lowest BCUT2D eigenvalue weighted by Crippen LogP contribution is -2.05. The monoisotopic (exact) mass is 270 g/mol. The molecule has 1 rings (SSSR count). The Bertz CT molecular complexity index is 563. The first-order chi connectivity index (χ1) is 9.60. The molecule has 0 saturated heterocycles. The van der Waals surface area contributed by atoms with Crippen LogP contribution < -0.4 is 0 Å². The first-order valence-corrected chi connectivity index (χ1v) is 6.26.